The molecule has 2 aliphatic heterocycles. The molecule has 0 bridgehead atoms. The van der Waals surface area contributed by atoms with Crippen LogP contribution in [0.3, 0.4) is 0 Å². The number of benzene rings is 1. The van der Waals surface area contributed by atoms with E-state index in [0.717, 1.165) is 0 Å². The quantitative estimate of drug-likeness (QED) is 0.671. The zero-order valence-corrected chi connectivity index (χ0v) is 18.0. The van der Waals surface area contributed by atoms with E-state index in [0.29, 0.717) is 36.5 Å². The Bertz CT molecular complexity index is 976. The van der Waals surface area contributed by atoms with E-state index in [1.165, 1.54) is 24.8 Å². The number of carbonyl (C=O) groups is 3. The smallest absolute Gasteiger partial charge is 0.414 e. The maximum atomic E-state index is 15.0. The maximum absolute atomic E-state index is 15.0. The first-order valence-electron chi connectivity index (χ1n) is 10.3. The van der Waals surface area contributed by atoms with Gasteiger partial charge in [0.25, 0.3) is 0 Å². The monoisotopic (exact) mass is 444 g/mol. The second-order valence-corrected chi connectivity index (χ2v) is 7.80. The lowest BCUT2D eigenvalue weighted by molar-refractivity contribution is -0.151. The standard InChI is InChI=1S/C22H25FN4O5/c1-13-8-16(21(29)31-14(2)10-24)6-7-26(13)20-5-4-17(9-19(20)23)27-12-18(32-22(27)30)11-25-15(3)28/h4-5,9,14,16,18H,1,6-8,11-12H2,2-3H3,(H,25,28)/t14?,16?,18-/m0/s1. The van der Waals surface area contributed by atoms with Gasteiger partial charge in [0, 0.05) is 25.6 Å². The number of nitriles is 1. The van der Waals surface area contributed by atoms with Gasteiger partial charge in [0.1, 0.15) is 18.0 Å². The van der Waals surface area contributed by atoms with Gasteiger partial charge in [0.2, 0.25) is 5.91 Å². The molecule has 1 N–H and O–H groups in total. The summed E-state index contributed by atoms with van der Waals surface area (Å²) in [4.78, 5) is 38.4. The molecule has 3 atom stereocenters. The van der Waals surface area contributed by atoms with E-state index in [4.69, 9.17) is 14.7 Å². The minimum Gasteiger partial charge on any atom is -0.447 e. The summed E-state index contributed by atoms with van der Waals surface area (Å²) in [6, 6.07) is 6.27. The van der Waals surface area contributed by atoms with Crippen molar-refractivity contribution in [3.8, 4) is 6.07 Å². The summed E-state index contributed by atoms with van der Waals surface area (Å²) in [5, 5.41) is 11.4. The number of hydrogen-bond acceptors (Lipinski definition) is 7. The van der Waals surface area contributed by atoms with E-state index in [2.05, 4.69) is 11.9 Å². The molecule has 2 amide bonds. The fraction of sp³-hybridized carbons (Fsp3) is 0.455. The number of cyclic esters (lactones) is 1. The Morgan fingerprint density at radius 1 is 1.44 bits per heavy atom. The molecule has 0 radical (unpaired) electrons. The highest BCUT2D eigenvalue weighted by atomic mass is 19.1. The zero-order chi connectivity index (χ0) is 23.4. The van der Waals surface area contributed by atoms with Crippen molar-refractivity contribution in [1.82, 2.24) is 5.32 Å². The van der Waals surface area contributed by atoms with Crippen molar-refractivity contribution in [3.63, 3.8) is 0 Å². The Kier molecular flexibility index (Phi) is 6.98. The second-order valence-electron chi connectivity index (χ2n) is 7.80. The number of nitrogens with zero attached hydrogens (tertiary/aromatic N) is 3. The zero-order valence-electron chi connectivity index (χ0n) is 18.0. The molecule has 0 spiro atoms. The van der Waals surface area contributed by atoms with Gasteiger partial charge in [-0.3, -0.25) is 14.5 Å². The Labute approximate surface area is 185 Å². The van der Waals surface area contributed by atoms with Crippen LogP contribution in [0.5, 0.6) is 0 Å². The Balaban J connectivity index is 1.65. The summed E-state index contributed by atoms with van der Waals surface area (Å²) in [5.41, 5.74) is 1.19. The molecular formula is C22H25FN4O5. The average molecular weight is 444 g/mol. The molecule has 10 heteroatoms. The number of hydrogen-bond donors (Lipinski definition) is 1. The molecule has 2 unspecified atom stereocenters. The highest BCUT2D eigenvalue weighted by molar-refractivity contribution is 5.90. The molecule has 2 heterocycles. The highest BCUT2D eigenvalue weighted by Crippen LogP contribution is 2.34. The number of rotatable bonds is 6. The number of esters is 1. The molecule has 3 rings (SSSR count). The SMILES string of the molecule is C=C1CC(C(=O)OC(C)C#N)CCN1c1ccc(N2C[C@H](CNC(C)=O)OC2=O)cc1F. The number of nitrogens with one attached hydrogen (secondary N) is 1. The predicted octanol–water partition coefficient (Wildman–Crippen LogP) is 2.47. The van der Waals surface area contributed by atoms with Crippen LogP contribution in [0.25, 0.3) is 0 Å². The summed E-state index contributed by atoms with van der Waals surface area (Å²) in [7, 11) is 0. The van der Waals surface area contributed by atoms with Crippen molar-refractivity contribution >= 4 is 29.3 Å². The van der Waals surface area contributed by atoms with Crippen LogP contribution in [-0.4, -0.2) is 49.8 Å². The van der Waals surface area contributed by atoms with Crippen molar-refractivity contribution < 1.29 is 28.2 Å². The van der Waals surface area contributed by atoms with Crippen molar-refractivity contribution in [1.29, 1.82) is 5.26 Å². The van der Waals surface area contributed by atoms with E-state index in [1.807, 2.05) is 6.07 Å². The highest BCUT2D eigenvalue weighted by Gasteiger charge is 2.34. The van der Waals surface area contributed by atoms with Crippen LogP contribution >= 0.6 is 0 Å². The third-order valence-corrected chi connectivity index (χ3v) is 5.36. The van der Waals surface area contributed by atoms with Crippen molar-refractivity contribution in [2.24, 2.45) is 5.92 Å². The molecule has 2 saturated heterocycles. The molecule has 0 aliphatic carbocycles. The lowest BCUT2D eigenvalue weighted by atomic mass is 9.94. The van der Waals surface area contributed by atoms with E-state index in [1.54, 1.807) is 17.0 Å². The lowest BCUT2D eigenvalue weighted by Crippen LogP contribution is -2.36. The molecule has 0 saturated carbocycles. The number of allylic oxidation sites excluding steroid dienone is 1. The van der Waals surface area contributed by atoms with Crippen LogP contribution in [-0.2, 0) is 19.1 Å². The summed E-state index contributed by atoms with van der Waals surface area (Å²) >= 11 is 0. The topological polar surface area (TPSA) is 112 Å². The number of piperidine rings is 1. The van der Waals surface area contributed by atoms with Crippen molar-refractivity contribution in [2.75, 3.05) is 29.4 Å². The van der Waals surface area contributed by atoms with Crippen LogP contribution in [0.2, 0.25) is 0 Å². The van der Waals surface area contributed by atoms with Gasteiger partial charge in [0.05, 0.1) is 30.4 Å². The Hall–Kier alpha value is -3.61. The minimum atomic E-state index is -0.825. The van der Waals surface area contributed by atoms with Gasteiger partial charge < -0.3 is 19.7 Å². The summed E-state index contributed by atoms with van der Waals surface area (Å²) in [6.45, 7) is 7.57. The van der Waals surface area contributed by atoms with Crippen LogP contribution in [0.1, 0.15) is 26.7 Å². The van der Waals surface area contributed by atoms with Gasteiger partial charge in [0.15, 0.2) is 6.10 Å². The molecular weight excluding hydrogens is 419 g/mol. The van der Waals surface area contributed by atoms with E-state index < -0.39 is 36.0 Å². The van der Waals surface area contributed by atoms with Crippen molar-refractivity contribution in [2.45, 2.75) is 38.9 Å². The first-order chi connectivity index (χ1) is 15.2. The third kappa shape index (κ3) is 5.17. The average Bonchev–Trinajstić information content (AvgIpc) is 3.12. The molecule has 32 heavy (non-hydrogen) atoms. The first kappa shape index (κ1) is 23.1. The second kappa shape index (κ2) is 9.68. The molecule has 1 aromatic rings. The van der Waals surface area contributed by atoms with Gasteiger partial charge in [-0.15, -0.1) is 0 Å². The minimum absolute atomic E-state index is 0.183. The molecule has 0 aromatic heterocycles. The van der Waals surface area contributed by atoms with E-state index >= 15 is 0 Å². The number of anilines is 2. The fourth-order valence-electron chi connectivity index (χ4n) is 3.71. The molecule has 1 aromatic carbocycles. The predicted molar refractivity (Wildman–Crippen MR) is 113 cm³/mol. The summed E-state index contributed by atoms with van der Waals surface area (Å²) < 4.78 is 25.2. The Morgan fingerprint density at radius 2 is 2.19 bits per heavy atom. The normalized spacial score (nSPS) is 21.6. The van der Waals surface area contributed by atoms with Crippen molar-refractivity contribution in [3.05, 3.63) is 36.3 Å². The van der Waals surface area contributed by atoms with Crippen LogP contribution in [0.15, 0.2) is 30.5 Å². The number of amides is 2. The molecule has 9 nitrogen and oxygen atoms in total. The maximum Gasteiger partial charge on any atom is 0.414 e. The molecule has 170 valence electrons. The summed E-state index contributed by atoms with van der Waals surface area (Å²) in [6.07, 6.45) is -1.23. The van der Waals surface area contributed by atoms with Gasteiger partial charge in [-0.1, -0.05) is 6.58 Å². The molecule has 2 fully saturated rings. The van der Waals surface area contributed by atoms with Crippen LogP contribution in [0.4, 0.5) is 20.6 Å². The van der Waals surface area contributed by atoms with Crippen LogP contribution in [0, 0.1) is 23.1 Å². The largest absolute Gasteiger partial charge is 0.447 e. The van der Waals surface area contributed by atoms with Gasteiger partial charge in [-0.25, -0.2) is 9.18 Å². The summed E-state index contributed by atoms with van der Waals surface area (Å²) in [5.74, 6) is -1.67. The number of carbonyl (C=O) groups excluding carboxylic acids is 3. The van der Waals surface area contributed by atoms with Crippen LogP contribution < -0.4 is 15.1 Å². The van der Waals surface area contributed by atoms with E-state index in [9.17, 15) is 18.8 Å². The van der Waals surface area contributed by atoms with Gasteiger partial charge in [-0.2, -0.15) is 5.26 Å². The number of ether oxygens (including phenoxy) is 2. The lowest BCUT2D eigenvalue weighted by Gasteiger charge is -2.35. The van der Waals surface area contributed by atoms with Gasteiger partial charge >= 0.3 is 12.1 Å². The number of halogens is 1. The first-order valence-corrected chi connectivity index (χ1v) is 10.3. The van der Waals surface area contributed by atoms with Gasteiger partial charge in [-0.05, 0) is 31.5 Å². The Morgan fingerprint density at radius 3 is 2.81 bits per heavy atom. The molecule has 2 aliphatic rings. The fourth-order valence-corrected chi connectivity index (χ4v) is 3.71. The van der Waals surface area contributed by atoms with E-state index in [-0.39, 0.29) is 19.0 Å². The third-order valence-electron chi connectivity index (χ3n) is 5.36.